The molecule has 0 fully saturated rings. The van der Waals surface area contributed by atoms with Crippen molar-refractivity contribution < 1.29 is 4.79 Å². The first kappa shape index (κ1) is 20.2. The number of rotatable bonds is 6. The van der Waals surface area contributed by atoms with E-state index >= 15 is 0 Å². The van der Waals surface area contributed by atoms with E-state index in [4.69, 9.17) is 11.6 Å². The number of amides is 1. The number of nitrogens with one attached hydrogen (secondary N) is 2. The van der Waals surface area contributed by atoms with Gasteiger partial charge in [-0.05, 0) is 29.1 Å². The number of halogens is 1. The van der Waals surface area contributed by atoms with E-state index in [1.807, 2.05) is 66.7 Å². The van der Waals surface area contributed by atoms with E-state index in [9.17, 15) is 9.59 Å². The van der Waals surface area contributed by atoms with Gasteiger partial charge in [-0.1, -0.05) is 71.9 Å². The van der Waals surface area contributed by atoms with Gasteiger partial charge in [-0.15, -0.1) is 0 Å². The van der Waals surface area contributed by atoms with Crippen LogP contribution in [-0.2, 0) is 17.0 Å². The molecule has 0 radical (unpaired) electrons. The van der Waals surface area contributed by atoms with Gasteiger partial charge in [0.15, 0.2) is 5.16 Å². The van der Waals surface area contributed by atoms with Gasteiger partial charge < -0.3 is 10.3 Å². The van der Waals surface area contributed by atoms with Crippen molar-refractivity contribution in [2.24, 2.45) is 0 Å². The van der Waals surface area contributed by atoms with Crippen molar-refractivity contribution in [3.05, 3.63) is 99.4 Å². The van der Waals surface area contributed by atoms with Crippen LogP contribution in [0.15, 0.2) is 82.7 Å². The van der Waals surface area contributed by atoms with Crippen molar-refractivity contribution in [2.45, 2.75) is 17.3 Å². The first-order valence-electron chi connectivity index (χ1n) is 9.32. The summed E-state index contributed by atoms with van der Waals surface area (Å²) < 4.78 is 0. The maximum absolute atomic E-state index is 12.6. The van der Waals surface area contributed by atoms with E-state index in [0.29, 0.717) is 21.6 Å². The lowest BCUT2D eigenvalue weighted by Crippen LogP contribution is -2.18. The number of carbonyl (C=O) groups excluding carboxylic acids is 1. The number of carbonyl (C=O) groups is 1. The predicted octanol–water partition coefficient (Wildman–Crippen LogP) is 5.05. The number of H-pyrrole nitrogens is 1. The van der Waals surface area contributed by atoms with E-state index in [-0.39, 0.29) is 17.9 Å². The first-order valence-corrected chi connectivity index (χ1v) is 10.7. The number of benzene rings is 3. The lowest BCUT2D eigenvalue weighted by molar-refractivity contribution is -0.115. The molecule has 7 heteroatoms. The van der Waals surface area contributed by atoms with Gasteiger partial charge in [-0.25, -0.2) is 4.98 Å². The summed E-state index contributed by atoms with van der Waals surface area (Å²) in [6.45, 7) is 0. The van der Waals surface area contributed by atoms with Crippen molar-refractivity contribution in [1.82, 2.24) is 9.97 Å². The van der Waals surface area contributed by atoms with Crippen LogP contribution in [0.2, 0.25) is 5.02 Å². The van der Waals surface area contributed by atoms with Gasteiger partial charge in [0.05, 0.1) is 12.1 Å². The average molecular weight is 436 g/mol. The van der Waals surface area contributed by atoms with Crippen LogP contribution in [0.5, 0.6) is 0 Å². The molecule has 5 nitrogen and oxygen atoms in total. The molecule has 1 aromatic heterocycles. The summed E-state index contributed by atoms with van der Waals surface area (Å²) in [5, 5.41) is 6.06. The fourth-order valence-corrected chi connectivity index (χ4v) is 4.16. The molecule has 0 spiro atoms. The minimum atomic E-state index is -0.286. The van der Waals surface area contributed by atoms with Crippen LogP contribution in [0.25, 0.3) is 10.8 Å². The zero-order valence-corrected chi connectivity index (χ0v) is 17.5. The molecule has 0 bridgehead atoms. The maximum Gasteiger partial charge on any atom is 0.251 e. The van der Waals surface area contributed by atoms with Crippen LogP contribution in [0.4, 0.5) is 5.69 Å². The Balaban J connectivity index is 1.46. The lowest BCUT2D eigenvalue weighted by atomic mass is 10.1. The second-order valence-electron chi connectivity index (χ2n) is 6.71. The predicted molar refractivity (Wildman–Crippen MR) is 122 cm³/mol. The molecule has 3 aromatic carbocycles. The summed E-state index contributed by atoms with van der Waals surface area (Å²) in [7, 11) is 0. The molecule has 0 aliphatic carbocycles. The molecule has 1 heterocycles. The van der Waals surface area contributed by atoms with E-state index in [0.717, 1.165) is 22.0 Å². The fraction of sp³-hybridized carbons (Fsp3) is 0.0870. The number of aromatic amines is 1. The maximum atomic E-state index is 12.6. The number of anilines is 1. The molecule has 0 saturated carbocycles. The monoisotopic (exact) mass is 435 g/mol. The highest BCUT2D eigenvalue weighted by atomic mass is 35.5. The highest BCUT2D eigenvalue weighted by molar-refractivity contribution is 7.98. The molecular formula is C23H18ClN3O2S. The highest BCUT2D eigenvalue weighted by Crippen LogP contribution is 2.23. The first-order chi connectivity index (χ1) is 14.6. The summed E-state index contributed by atoms with van der Waals surface area (Å²) in [6.07, 6.45) is 0.0118. The van der Waals surface area contributed by atoms with E-state index in [1.165, 1.54) is 17.8 Å². The van der Waals surface area contributed by atoms with Crippen molar-refractivity contribution in [3.63, 3.8) is 0 Å². The summed E-state index contributed by atoms with van der Waals surface area (Å²) in [5.41, 5.74) is 1.89. The minimum Gasteiger partial charge on any atom is -0.325 e. The van der Waals surface area contributed by atoms with Crippen LogP contribution >= 0.6 is 23.4 Å². The van der Waals surface area contributed by atoms with Crippen LogP contribution in [0.3, 0.4) is 0 Å². The Morgan fingerprint density at radius 2 is 1.83 bits per heavy atom. The van der Waals surface area contributed by atoms with Crippen molar-refractivity contribution >= 4 is 45.7 Å². The molecule has 4 aromatic rings. The van der Waals surface area contributed by atoms with Crippen LogP contribution < -0.4 is 10.9 Å². The summed E-state index contributed by atoms with van der Waals surface area (Å²) in [5.74, 6) is 0.380. The molecule has 0 saturated heterocycles. The lowest BCUT2D eigenvalue weighted by Gasteiger charge is -2.09. The van der Waals surface area contributed by atoms with E-state index in [2.05, 4.69) is 15.3 Å². The van der Waals surface area contributed by atoms with Gasteiger partial charge in [0, 0.05) is 27.9 Å². The van der Waals surface area contributed by atoms with Crippen molar-refractivity contribution in [3.8, 4) is 0 Å². The standard InChI is InChI=1S/C23H18ClN3O2S/c24-17-8-3-5-15(11-17)14-30-23-25-18(13-22(29)27-23)12-21(28)26-20-10-4-7-16-6-1-2-9-19(16)20/h1-11,13H,12,14H2,(H,26,28)(H,25,27,29). The molecule has 30 heavy (non-hydrogen) atoms. The number of hydrogen-bond donors (Lipinski definition) is 2. The Labute approximate surface area is 182 Å². The van der Waals surface area contributed by atoms with E-state index in [1.54, 1.807) is 0 Å². The van der Waals surface area contributed by atoms with Crippen LogP contribution in [-0.4, -0.2) is 15.9 Å². The Bertz CT molecular complexity index is 1270. The molecule has 0 unspecified atom stereocenters. The van der Waals surface area contributed by atoms with Crippen molar-refractivity contribution in [2.75, 3.05) is 5.32 Å². The van der Waals surface area contributed by atoms with Crippen molar-refractivity contribution in [1.29, 1.82) is 0 Å². The number of thioether (sulfide) groups is 1. The Morgan fingerprint density at radius 3 is 2.70 bits per heavy atom. The molecule has 0 aliphatic rings. The molecular weight excluding hydrogens is 418 g/mol. The summed E-state index contributed by atoms with van der Waals surface area (Å²) in [6, 6.07) is 22.5. The Morgan fingerprint density at radius 1 is 1.03 bits per heavy atom. The zero-order valence-electron chi connectivity index (χ0n) is 15.9. The van der Waals surface area contributed by atoms with Crippen LogP contribution in [0.1, 0.15) is 11.3 Å². The quantitative estimate of drug-likeness (QED) is 0.328. The second kappa shape index (κ2) is 9.15. The fourth-order valence-electron chi connectivity index (χ4n) is 3.11. The molecule has 1 amide bonds. The number of fused-ring (bicyclic) bond motifs is 1. The number of nitrogens with zero attached hydrogens (tertiary/aromatic N) is 1. The number of hydrogen-bond acceptors (Lipinski definition) is 4. The third-order valence-corrected chi connectivity index (χ3v) is 5.62. The second-order valence-corrected chi connectivity index (χ2v) is 8.11. The zero-order chi connectivity index (χ0) is 20.9. The third kappa shape index (κ3) is 5.09. The average Bonchev–Trinajstić information content (AvgIpc) is 2.72. The third-order valence-electron chi connectivity index (χ3n) is 4.44. The van der Waals surface area contributed by atoms with Gasteiger partial charge in [-0.2, -0.15) is 0 Å². The van der Waals surface area contributed by atoms with Gasteiger partial charge >= 0.3 is 0 Å². The molecule has 0 aliphatic heterocycles. The topological polar surface area (TPSA) is 74.8 Å². The SMILES string of the molecule is O=C(Cc1cc(=O)[nH]c(SCc2cccc(Cl)c2)n1)Nc1cccc2ccccc12. The minimum absolute atomic E-state index is 0.0118. The summed E-state index contributed by atoms with van der Waals surface area (Å²) in [4.78, 5) is 31.7. The highest BCUT2D eigenvalue weighted by Gasteiger charge is 2.10. The van der Waals surface area contributed by atoms with Gasteiger partial charge in [0.25, 0.3) is 5.56 Å². The van der Waals surface area contributed by atoms with Gasteiger partial charge in [0.1, 0.15) is 0 Å². The molecule has 0 atom stereocenters. The van der Waals surface area contributed by atoms with E-state index < -0.39 is 0 Å². The molecule has 150 valence electrons. The Kier molecular flexibility index (Phi) is 6.16. The normalized spacial score (nSPS) is 10.8. The molecule has 4 rings (SSSR count). The van der Waals surface area contributed by atoms with Gasteiger partial charge in [0.2, 0.25) is 5.91 Å². The summed E-state index contributed by atoms with van der Waals surface area (Å²) >= 11 is 7.40. The van der Waals surface area contributed by atoms with Crippen LogP contribution in [0, 0.1) is 0 Å². The Hall–Kier alpha value is -3.09. The van der Waals surface area contributed by atoms with Gasteiger partial charge in [-0.3, -0.25) is 9.59 Å². The number of aromatic nitrogens is 2. The largest absolute Gasteiger partial charge is 0.325 e. The molecule has 2 N–H and O–H groups in total. The smallest absolute Gasteiger partial charge is 0.251 e.